The van der Waals surface area contributed by atoms with Crippen molar-refractivity contribution in [3.8, 4) is 0 Å². The fourth-order valence-electron chi connectivity index (χ4n) is 2.27. The molecule has 1 aliphatic rings. The van der Waals surface area contributed by atoms with Crippen LogP contribution in [0.4, 0.5) is 5.69 Å². The summed E-state index contributed by atoms with van der Waals surface area (Å²) in [6.07, 6.45) is 0.0838. The second-order valence-electron chi connectivity index (χ2n) is 4.92. The van der Waals surface area contributed by atoms with Crippen molar-refractivity contribution in [3.05, 3.63) is 28.8 Å². The molecule has 5 nitrogen and oxygen atoms in total. The summed E-state index contributed by atoms with van der Waals surface area (Å²) in [6.45, 7) is 5.91. The fraction of sp³-hybridized carbons (Fsp3) is 0.357. The minimum Gasteiger partial charge on any atom is -0.378 e. The molecule has 0 aliphatic carbocycles. The summed E-state index contributed by atoms with van der Waals surface area (Å²) in [6, 6.07) is 4.03. The summed E-state index contributed by atoms with van der Waals surface area (Å²) >= 11 is 1.14. The van der Waals surface area contributed by atoms with Crippen LogP contribution in [0.2, 0.25) is 0 Å². The maximum Gasteiger partial charge on any atom is 0.262 e. The molecule has 1 aromatic carbocycles. The number of nitrogens with zero attached hydrogens (tertiary/aromatic N) is 1. The summed E-state index contributed by atoms with van der Waals surface area (Å²) in [4.78, 5) is 27.1. The van der Waals surface area contributed by atoms with E-state index >= 15 is 0 Å². The maximum absolute atomic E-state index is 12.0. The molecule has 2 rings (SSSR count). The lowest BCUT2D eigenvalue weighted by Crippen LogP contribution is -2.22. The number of nitrogens with two attached hydrogens (primary N) is 1. The molecular weight excluding hydrogens is 274 g/mol. The van der Waals surface area contributed by atoms with Gasteiger partial charge in [0.15, 0.2) is 5.17 Å². The normalized spacial score (nSPS) is 18.1. The van der Waals surface area contributed by atoms with E-state index in [9.17, 15) is 9.59 Å². The molecule has 0 fully saturated rings. The van der Waals surface area contributed by atoms with Gasteiger partial charge in [-0.05, 0) is 31.9 Å². The van der Waals surface area contributed by atoms with Crippen molar-refractivity contribution in [2.45, 2.75) is 32.4 Å². The molecule has 1 aliphatic heterocycles. The van der Waals surface area contributed by atoms with Crippen LogP contribution >= 0.6 is 11.8 Å². The number of aliphatic imine (C=N–C) groups is 1. The molecule has 2 amide bonds. The van der Waals surface area contributed by atoms with Gasteiger partial charge >= 0.3 is 0 Å². The largest absolute Gasteiger partial charge is 0.378 e. The van der Waals surface area contributed by atoms with Crippen molar-refractivity contribution in [1.29, 1.82) is 0 Å². The number of hydrogen-bond acceptors (Lipinski definition) is 4. The van der Waals surface area contributed by atoms with Crippen LogP contribution < -0.4 is 11.1 Å². The highest BCUT2D eigenvalue weighted by Crippen LogP contribution is 2.25. The van der Waals surface area contributed by atoms with Crippen LogP contribution in [-0.2, 0) is 9.59 Å². The molecule has 3 N–H and O–H groups in total. The predicted octanol–water partition coefficient (Wildman–Crippen LogP) is 1.90. The number of anilines is 1. The maximum atomic E-state index is 12.0. The first kappa shape index (κ1) is 14.6. The molecule has 106 valence electrons. The van der Waals surface area contributed by atoms with Gasteiger partial charge in [-0.2, -0.15) is 4.99 Å². The Labute approximate surface area is 122 Å². The van der Waals surface area contributed by atoms with Crippen LogP contribution in [-0.4, -0.2) is 22.2 Å². The number of thioether (sulfide) groups is 1. The molecule has 1 heterocycles. The molecule has 0 saturated heterocycles. The van der Waals surface area contributed by atoms with Crippen molar-refractivity contribution >= 4 is 34.4 Å². The van der Waals surface area contributed by atoms with Crippen LogP contribution in [0.5, 0.6) is 0 Å². The zero-order chi connectivity index (χ0) is 14.9. The monoisotopic (exact) mass is 291 g/mol. The van der Waals surface area contributed by atoms with Crippen LogP contribution in [0, 0.1) is 20.8 Å². The van der Waals surface area contributed by atoms with Gasteiger partial charge in [-0.3, -0.25) is 9.59 Å². The van der Waals surface area contributed by atoms with Gasteiger partial charge in [0.1, 0.15) is 5.25 Å². The fourth-order valence-corrected chi connectivity index (χ4v) is 3.09. The van der Waals surface area contributed by atoms with Crippen LogP contribution in [0.1, 0.15) is 23.1 Å². The number of carbonyl (C=O) groups is 2. The molecule has 20 heavy (non-hydrogen) atoms. The minimum atomic E-state index is -0.499. The molecule has 0 aromatic heterocycles. The molecule has 0 bridgehead atoms. The number of benzene rings is 1. The van der Waals surface area contributed by atoms with E-state index in [4.69, 9.17) is 5.73 Å². The molecular formula is C14H17N3O2S. The Balaban J connectivity index is 2.04. The summed E-state index contributed by atoms with van der Waals surface area (Å²) in [7, 11) is 0. The lowest BCUT2D eigenvalue weighted by molar-refractivity contribution is -0.121. The van der Waals surface area contributed by atoms with E-state index < -0.39 is 5.25 Å². The van der Waals surface area contributed by atoms with Gasteiger partial charge in [0, 0.05) is 12.1 Å². The lowest BCUT2D eigenvalue weighted by Gasteiger charge is -2.13. The summed E-state index contributed by atoms with van der Waals surface area (Å²) < 4.78 is 0. The van der Waals surface area contributed by atoms with Gasteiger partial charge in [-0.1, -0.05) is 29.5 Å². The number of amidine groups is 1. The average Bonchev–Trinajstić information content (AvgIpc) is 2.62. The second kappa shape index (κ2) is 5.66. The molecule has 0 radical (unpaired) electrons. The predicted molar refractivity (Wildman–Crippen MR) is 81.9 cm³/mol. The zero-order valence-electron chi connectivity index (χ0n) is 11.7. The minimum absolute atomic E-state index is 0.0838. The molecule has 0 unspecified atom stereocenters. The zero-order valence-corrected chi connectivity index (χ0v) is 12.5. The average molecular weight is 291 g/mol. The highest BCUT2D eigenvalue weighted by molar-refractivity contribution is 8.15. The number of hydrogen-bond donors (Lipinski definition) is 2. The van der Waals surface area contributed by atoms with E-state index in [1.165, 1.54) is 0 Å². The number of aryl methyl sites for hydroxylation is 3. The topological polar surface area (TPSA) is 84.6 Å². The Hall–Kier alpha value is -1.82. The smallest absolute Gasteiger partial charge is 0.262 e. The molecule has 1 atom stereocenters. The van der Waals surface area contributed by atoms with E-state index in [0.29, 0.717) is 0 Å². The van der Waals surface area contributed by atoms with Gasteiger partial charge in [0.05, 0.1) is 0 Å². The highest BCUT2D eigenvalue weighted by Gasteiger charge is 2.29. The Bertz CT molecular complexity index is 587. The van der Waals surface area contributed by atoms with Crippen molar-refractivity contribution in [3.63, 3.8) is 0 Å². The number of nitrogens with one attached hydrogen (secondary N) is 1. The first-order valence-corrected chi connectivity index (χ1v) is 7.17. The lowest BCUT2D eigenvalue weighted by atomic mass is 10.0. The van der Waals surface area contributed by atoms with Gasteiger partial charge in [0.2, 0.25) is 5.91 Å². The third-order valence-corrected chi connectivity index (χ3v) is 4.06. The quantitative estimate of drug-likeness (QED) is 0.890. The molecule has 0 spiro atoms. The summed E-state index contributed by atoms with van der Waals surface area (Å²) in [5.41, 5.74) is 9.45. The van der Waals surface area contributed by atoms with Gasteiger partial charge in [-0.25, -0.2) is 0 Å². The third kappa shape index (κ3) is 3.19. The third-order valence-electron chi connectivity index (χ3n) is 3.07. The number of amides is 2. The summed E-state index contributed by atoms with van der Waals surface area (Å²) in [5.74, 6) is -0.532. The molecule has 0 saturated carbocycles. The number of rotatable bonds is 3. The van der Waals surface area contributed by atoms with Crippen molar-refractivity contribution in [2.75, 3.05) is 5.32 Å². The Morgan fingerprint density at radius 1 is 1.35 bits per heavy atom. The van der Waals surface area contributed by atoms with Crippen LogP contribution in [0.15, 0.2) is 17.1 Å². The molecule has 1 aromatic rings. The van der Waals surface area contributed by atoms with E-state index in [1.807, 2.05) is 32.9 Å². The van der Waals surface area contributed by atoms with E-state index in [-0.39, 0.29) is 23.4 Å². The van der Waals surface area contributed by atoms with E-state index in [2.05, 4.69) is 10.3 Å². The van der Waals surface area contributed by atoms with Gasteiger partial charge in [-0.15, -0.1) is 0 Å². The van der Waals surface area contributed by atoms with Crippen LogP contribution in [0.25, 0.3) is 0 Å². The summed E-state index contributed by atoms with van der Waals surface area (Å²) in [5, 5.41) is 2.60. The SMILES string of the molecule is Cc1cc(C)c(NC(=O)C[C@H]2SC(N)=NC2=O)c(C)c1. The number of carbonyl (C=O) groups excluding carboxylic acids is 2. The molecule has 6 heteroatoms. The van der Waals surface area contributed by atoms with Crippen molar-refractivity contribution < 1.29 is 9.59 Å². The Morgan fingerprint density at radius 2 is 1.95 bits per heavy atom. The first-order valence-electron chi connectivity index (χ1n) is 6.29. The van der Waals surface area contributed by atoms with E-state index in [1.54, 1.807) is 0 Å². The van der Waals surface area contributed by atoms with Gasteiger partial charge < -0.3 is 11.1 Å². The highest BCUT2D eigenvalue weighted by atomic mass is 32.2. The van der Waals surface area contributed by atoms with Crippen molar-refractivity contribution in [2.24, 2.45) is 10.7 Å². The van der Waals surface area contributed by atoms with E-state index in [0.717, 1.165) is 34.1 Å². The first-order chi connectivity index (χ1) is 9.36. The van der Waals surface area contributed by atoms with Crippen LogP contribution in [0.3, 0.4) is 0 Å². The standard InChI is InChI=1S/C14H17N3O2S/c1-7-4-8(2)12(9(3)5-7)16-11(18)6-10-13(19)17-14(15)20-10/h4-5,10H,6H2,1-3H3,(H,16,18)(H2,15,17,19)/t10-/m1/s1. The second-order valence-corrected chi connectivity index (χ2v) is 6.14. The Morgan fingerprint density at radius 3 is 2.45 bits per heavy atom. The Kier molecular flexibility index (Phi) is 4.13. The van der Waals surface area contributed by atoms with Gasteiger partial charge in [0.25, 0.3) is 5.91 Å². The van der Waals surface area contributed by atoms with Crippen molar-refractivity contribution in [1.82, 2.24) is 0 Å².